The first-order valence-corrected chi connectivity index (χ1v) is 7.21. The fourth-order valence-electron chi connectivity index (χ4n) is 1.87. The molecule has 0 aromatic carbocycles. The van der Waals surface area contributed by atoms with Crippen molar-refractivity contribution in [2.45, 2.75) is 33.6 Å². The van der Waals surface area contributed by atoms with Crippen LogP contribution in [-0.4, -0.2) is 30.9 Å². The van der Waals surface area contributed by atoms with E-state index in [4.69, 9.17) is 5.73 Å². The first kappa shape index (κ1) is 15.2. The molecule has 1 rings (SSSR count). The third-order valence-electron chi connectivity index (χ3n) is 3.18. The zero-order valence-electron chi connectivity index (χ0n) is 11.8. The summed E-state index contributed by atoms with van der Waals surface area (Å²) in [7, 11) is 1.86. The lowest BCUT2D eigenvalue weighted by molar-refractivity contribution is -0.131. The molecule has 1 heterocycles. The van der Waals surface area contributed by atoms with Crippen molar-refractivity contribution in [3.05, 3.63) is 21.9 Å². The average molecular weight is 268 g/mol. The topological polar surface area (TPSA) is 46.3 Å². The van der Waals surface area contributed by atoms with Gasteiger partial charge in [0.2, 0.25) is 5.91 Å². The summed E-state index contributed by atoms with van der Waals surface area (Å²) in [6.07, 6.45) is 1.42. The van der Waals surface area contributed by atoms with E-state index in [9.17, 15) is 4.79 Å². The Labute approximate surface area is 114 Å². The lowest BCUT2D eigenvalue weighted by Gasteiger charge is -2.29. The van der Waals surface area contributed by atoms with Gasteiger partial charge in [-0.15, -0.1) is 11.3 Å². The van der Waals surface area contributed by atoms with Gasteiger partial charge in [-0.2, -0.15) is 0 Å². The zero-order chi connectivity index (χ0) is 13.8. The first-order chi connectivity index (χ1) is 8.35. The van der Waals surface area contributed by atoms with Gasteiger partial charge in [0, 0.05) is 24.9 Å². The number of carbonyl (C=O) groups is 1. The molecule has 1 amide bonds. The summed E-state index contributed by atoms with van der Waals surface area (Å²) in [6.45, 7) is 7.57. The van der Waals surface area contributed by atoms with Crippen LogP contribution in [-0.2, 0) is 11.2 Å². The third kappa shape index (κ3) is 4.42. The first-order valence-electron chi connectivity index (χ1n) is 6.33. The van der Waals surface area contributed by atoms with Crippen LogP contribution in [0, 0.1) is 12.3 Å². The molecule has 0 saturated carbocycles. The molecule has 0 aliphatic rings. The molecule has 1 aromatic heterocycles. The molecule has 0 aliphatic heterocycles. The Morgan fingerprint density at radius 1 is 1.50 bits per heavy atom. The van der Waals surface area contributed by atoms with E-state index in [-0.39, 0.29) is 11.3 Å². The summed E-state index contributed by atoms with van der Waals surface area (Å²) < 4.78 is 0. The smallest absolute Gasteiger partial charge is 0.222 e. The van der Waals surface area contributed by atoms with Gasteiger partial charge in [-0.05, 0) is 42.3 Å². The third-order valence-corrected chi connectivity index (χ3v) is 4.26. The summed E-state index contributed by atoms with van der Waals surface area (Å²) >= 11 is 1.73. The summed E-state index contributed by atoms with van der Waals surface area (Å²) in [6, 6.07) is 2.10. The molecule has 0 spiro atoms. The van der Waals surface area contributed by atoms with Gasteiger partial charge in [0.05, 0.1) is 0 Å². The minimum atomic E-state index is -0.0107. The molecule has 0 atom stereocenters. The van der Waals surface area contributed by atoms with Crippen molar-refractivity contribution in [3.63, 3.8) is 0 Å². The van der Waals surface area contributed by atoms with Gasteiger partial charge in [0.1, 0.15) is 0 Å². The molecule has 0 aliphatic carbocycles. The Morgan fingerprint density at radius 3 is 2.67 bits per heavy atom. The number of rotatable bonds is 6. The predicted molar refractivity (Wildman–Crippen MR) is 77.8 cm³/mol. The van der Waals surface area contributed by atoms with Crippen molar-refractivity contribution >= 4 is 17.2 Å². The van der Waals surface area contributed by atoms with Crippen LogP contribution >= 0.6 is 11.3 Å². The highest BCUT2D eigenvalue weighted by molar-refractivity contribution is 7.10. The monoisotopic (exact) mass is 268 g/mol. The second-order valence-electron chi connectivity index (χ2n) is 5.64. The number of nitrogens with two attached hydrogens (primary N) is 1. The van der Waals surface area contributed by atoms with E-state index >= 15 is 0 Å². The highest BCUT2D eigenvalue weighted by Gasteiger charge is 2.21. The molecule has 0 saturated heterocycles. The Kier molecular flexibility index (Phi) is 5.35. The van der Waals surface area contributed by atoms with Crippen LogP contribution in [0.3, 0.4) is 0 Å². The Morgan fingerprint density at radius 2 is 2.17 bits per heavy atom. The molecule has 18 heavy (non-hydrogen) atoms. The van der Waals surface area contributed by atoms with Gasteiger partial charge in [0.15, 0.2) is 0 Å². The van der Waals surface area contributed by atoms with Crippen LogP contribution in [0.1, 0.15) is 30.7 Å². The van der Waals surface area contributed by atoms with Gasteiger partial charge in [-0.25, -0.2) is 0 Å². The Balaban J connectivity index is 2.44. The van der Waals surface area contributed by atoms with Crippen molar-refractivity contribution in [1.82, 2.24) is 4.90 Å². The lowest BCUT2D eigenvalue weighted by Crippen LogP contribution is -2.39. The highest BCUT2D eigenvalue weighted by Crippen LogP contribution is 2.19. The van der Waals surface area contributed by atoms with Crippen molar-refractivity contribution in [2.75, 3.05) is 20.1 Å². The maximum absolute atomic E-state index is 12.0. The zero-order valence-corrected chi connectivity index (χ0v) is 12.6. The van der Waals surface area contributed by atoms with E-state index in [1.54, 1.807) is 16.2 Å². The van der Waals surface area contributed by atoms with Gasteiger partial charge < -0.3 is 10.6 Å². The average Bonchev–Trinajstić information content (AvgIpc) is 2.71. The van der Waals surface area contributed by atoms with Gasteiger partial charge >= 0.3 is 0 Å². The molecule has 1 aromatic rings. The standard InChI is InChI=1S/C14H24N2OS/c1-11-7-8-18-12(11)5-6-13(17)16(4)10-14(2,3)9-15/h7-8H,5-6,9-10,15H2,1-4H3. The number of aryl methyl sites for hydroxylation is 2. The number of nitrogens with zero attached hydrogens (tertiary/aromatic N) is 1. The number of amides is 1. The largest absolute Gasteiger partial charge is 0.345 e. The Bertz CT molecular complexity index is 398. The SMILES string of the molecule is Cc1ccsc1CCC(=O)N(C)CC(C)(C)CN. The van der Waals surface area contributed by atoms with Crippen molar-refractivity contribution in [3.8, 4) is 0 Å². The lowest BCUT2D eigenvalue weighted by atomic mass is 9.93. The molecule has 0 fully saturated rings. The fourth-order valence-corrected chi connectivity index (χ4v) is 2.78. The molecule has 102 valence electrons. The maximum atomic E-state index is 12.0. The van der Waals surface area contributed by atoms with Gasteiger partial charge in [-0.3, -0.25) is 4.79 Å². The molecule has 3 nitrogen and oxygen atoms in total. The second-order valence-corrected chi connectivity index (χ2v) is 6.65. The molecule has 0 bridgehead atoms. The minimum Gasteiger partial charge on any atom is -0.345 e. The van der Waals surface area contributed by atoms with E-state index in [2.05, 4.69) is 32.2 Å². The number of thiophene rings is 1. The van der Waals surface area contributed by atoms with Crippen LogP contribution in [0.4, 0.5) is 0 Å². The normalized spacial score (nSPS) is 11.6. The van der Waals surface area contributed by atoms with Crippen molar-refractivity contribution in [2.24, 2.45) is 11.1 Å². The van der Waals surface area contributed by atoms with Gasteiger partial charge in [0.25, 0.3) is 0 Å². The van der Waals surface area contributed by atoms with E-state index in [0.29, 0.717) is 19.5 Å². The summed E-state index contributed by atoms with van der Waals surface area (Å²) in [5.74, 6) is 0.198. The number of hydrogen-bond donors (Lipinski definition) is 1. The Hall–Kier alpha value is -0.870. The molecule has 4 heteroatoms. The molecule has 0 unspecified atom stereocenters. The van der Waals surface area contributed by atoms with Crippen LogP contribution in [0.5, 0.6) is 0 Å². The maximum Gasteiger partial charge on any atom is 0.222 e. The quantitative estimate of drug-likeness (QED) is 0.861. The second kappa shape index (κ2) is 6.34. The summed E-state index contributed by atoms with van der Waals surface area (Å²) in [5.41, 5.74) is 6.97. The van der Waals surface area contributed by atoms with Crippen molar-refractivity contribution < 1.29 is 4.79 Å². The molecular weight excluding hydrogens is 244 g/mol. The predicted octanol–water partition coefficient (Wildman–Crippen LogP) is 2.43. The minimum absolute atomic E-state index is 0.0107. The summed E-state index contributed by atoms with van der Waals surface area (Å²) in [4.78, 5) is 15.1. The fraction of sp³-hybridized carbons (Fsp3) is 0.643. The van der Waals surface area contributed by atoms with E-state index in [1.807, 2.05) is 7.05 Å². The molecule has 0 radical (unpaired) electrons. The van der Waals surface area contributed by atoms with Gasteiger partial charge in [-0.1, -0.05) is 13.8 Å². The number of hydrogen-bond acceptors (Lipinski definition) is 3. The molecular formula is C14H24N2OS. The molecule has 2 N–H and O–H groups in total. The van der Waals surface area contributed by atoms with E-state index in [1.165, 1.54) is 10.4 Å². The van der Waals surface area contributed by atoms with Crippen LogP contribution in [0.15, 0.2) is 11.4 Å². The van der Waals surface area contributed by atoms with Crippen LogP contribution in [0.25, 0.3) is 0 Å². The van der Waals surface area contributed by atoms with Crippen molar-refractivity contribution in [1.29, 1.82) is 0 Å². The van der Waals surface area contributed by atoms with E-state index in [0.717, 1.165) is 6.42 Å². The highest BCUT2D eigenvalue weighted by atomic mass is 32.1. The number of carbonyl (C=O) groups excluding carboxylic acids is 1. The van der Waals surface area contributed by atoms with E-state index < -0.39 is 0 Å². The van der Waals surface area contributed by atoms with Crippen LogP contribution in [0.2, 0.25) is 0 Å². The summed E-state index contributed by atoms with van der Waals surface area (Å²) in [5, 5.41) is 2.08. The van der Waals surface area contributed by atoms with Crippen LogP contribution < -0.4 is 5.73 Å².